The van der Waals surface area contributed by atoms with E-state index in [-0.39, 0.29) is 11.6 Å². The molecule has 5 rings (SSSR count). The molecule has 0 aliphatic carbocycles. The van der Waals surface area contributed by atoms with Crippen molar-refractivity contribution in [1.82, 2.24) is 14.9 Å². The maximum absolute atomic E-state index is 13.8. The molecule has 6 nitrogen and oxygen atoms in total. The number of nitrogens with one attached hydrogen (secondary N) is 2. The van der Waals surface area contributed by atoms with Crippen LogP contribution in [-0.2, 0) is 36.5 Å². The monoisotopic (exact) mass is 507 g/mol. The van der Waals surface area contributed by atoms with Crippen molar-refractivity contribution in [2.75, 3.05) is 30.0 Å². The molecule has 0 spiro atoms. The van der Waals surface area contributed by atoms with Crippen LogP contribution < -0.4 is 10.6 Å². The number of aromatic nitrogens is 2. The van der Waals surface area contributed by atoms with Crippen molar-refractivity contribution in [2.45, 2.75) is 43.9 Å². The van der Waals surface area contributed by atoms with Crippen LogP contribution in [0, 0.1) is 0 Å². The molecule has 0 bridgehead atoms. The Hall–Kier alpha value is -2.50. The average Bonchev–Trinajstić information content (AvgIpc) is 3.33. The number of fused-ring (bicyclic) bond motifs is 2. The molecule has 4 heterocycles. The first kappa shape index (κ1) is 23.3. The van der Waals surface area contributed by atoms with Crippen LogP contribution in [-0.4, -0.2) is 38.4 Å². The lowest BCUT2D eigenvalue weighted by atomic mass is 10.0. The van der Waals surface area contributed by atoms with E-state index in [1.165, 1.54) is 11.1 Å². The van der Waals surface area contributed by atoms with Gasteiger partial charge in [-0.1, -0.05) is 13.0 Å². The third kappa shape index (κ3) is 4.44. The second kappa shape index (κ2) is 8.94. The molecule has 2 N–H and O–H groups in total. The molecule has 0 fully saturated rings. The third-order valence-corrected chi connectivity index (χ3v) is 8.70. The second-order valence-corrected chi connectivity index (χ2v) is 11.1. The number of thiophene rings is 1. The van der Waals surface area contributed by atoms with Gasteiger partial charge in [0.05, 0.1) is 26.3 Å². The zero-order valence-corrected chi connectivity index (χ0v) is 20.4. The topological polar surface area (TPSA) is 70.1 Å². The lowest BCUT2D eigenvalue weighted by molar-refractivity contribution is -0.137. The van der Waals surface area contributed by atoms with Crippen molar-refractivity contribution in [1.29, 1.82) is 0 Å². The Bertz CT molecular complexity index is 1270. The summed E-state index contributed by atoms with van der Waals surface area (Å²) in [5.41, 5.74) is 3.19. The molecule has 11 heteroatoms. The summed E-state index contributed by atoms with van der Waals surface area (Å²) >= 11 is 1.15. The molecule has 1 aromatic carbocycles. The van der Waals surface area contributed by atoms with Gasteiger partial charge in [-0.05, 0) is 48.7 Å². The van der Waals surface area contributed by atoms with E-state index in [0.717, 1.165) is 54.7 Å². The van der Waals surface area contributed by atoms with E-state index in [2.05, 4.69) is 38.6 Å². The minimum absolute atomic E-state index is 0.0988. The van der Waals surface area contributed by atoms with Crippen LogP contribution in [0.5, 0.6) is 0 Å². The van der Waals surface area contributed by atoms with Crippen LogP contribution in [0.4, 0.5) is 29.8 Å². The highest BCUT2D eigenvalue weighted by Crippen LogP contribution is 2.43. The molecule has 2 aliphatic heterocycles. The molecule has 0 saturated carbocycles. The zero-order chi connectivity index (χ0) is 24.0. The predicted molar refractivity (Wildman–Crippen MR) is 129 cm³/mol. The maximum atomic E-state index is 13.8. The molecule has 2 aliphatic rings. The van der Waals surface area contributed by atoms with Crippen molar-refractivity contribution in [3.63, 3.8) is 0 Å². The molecular weight excluding hydrogens is 483 g/mol. The fraction of sp³-hybridized carbons (Fsp3) is 0.391. The number of aryl methyl sites for hydroxylation is 1. The van der Waals surface area contributed by atoms with Gasteiger partial charge >= 0.3 is 6.18 Å². The number of nitrogens with zero attached hydrogens (tertiary/aromatic N) is 3. The van der Waals surface area contributed by atoms with E-state index in [1.807, 2.05) is 13.0 Å². The van der Waals surface area contributed by atoms with E-state index < -0.39 is 22.5 Å². The molecule has 3 aromatic rings. The Morgan fingerprint density at radius 3 is 2.74 bits per heavy atom. The van der Waals surface area contributed by atoms with Crippen molar-refractivity contribution < 1.29 is 17.4 Å². The van der Waals surface area contributed by atoms with Crippen molar-refractivity contribution >= 4 is 38.8 Å². The van der Waals surface area contributed by atoms with Gasteiger partial charge in [0, 0.05) is 37.3 Å². The maximum Gasteiger partial charge on any atom is 0.420 e. The standard InChI is InChI=1S/C23H24F3N5OS2/c1-3-13-7-14-11-31(2)12-15(14)8-17(13)29-22-28-10-16(23(24,25)26)20(30-22)18-9-19-21(33-18)27-5-4-6-34(19)32/h7-10,27H,3-6,11-12H2,1-2H3,(H,28,29,30). The van der Waals surface area contributed by atoms with Crippen LogP contribution in [0.25, 0.3) is 10.6 Å². The fourth-order valence-electron chi connectivity index (χ4n) is 4.34. The van der Waals surface area contributed by atoms with Crippen LogP contribution in [0.2, 0.25) is 0 Å². The molecular formula is C23H24F3N5OS2. The highest BCUT2D eigenvalue weighted by atomic mass is 32.2. The molecule has 1 atom stereocenters. The lowest BCUT2D eigenvalue weighted by Gasteiger charge is -2.15. The SMILES string of the molecule is CCc1cc2c(cc1Nc1ncc(C(F)(F)F)c(-c3cc4c(s3)NCCCS4=O)n1)CN(C)C2. The number of halogens is 3. The summed E-state index contributed by atoms with van der Waals surface area (Å²) in [6, 6.07) is 5.75. The van der Waals surface area contributed by atoms with Gasteiger partial charge in [0.25, 0.3) is 0 Å². The summed E-state index contributed by atoms with van der Waals surface area (Å²) < 4.78 is 54.1. The number of rotatable bonds is 4. The number of anilines is 3. The van der Waals surface area contributed by atoms with Crippen LogP contribution in [0.3, 0.4) is 0 Å². The van der Waals surface area contributed by atoms with Gasteiger partial charge in [-0.2, -0.15) is 13.2 Å². The Morgan fingerprint density at radius 2 is 2.00 bits per heavy atom. The molecule has 180 valence electrons. The smallest absolute Gasteiger partial charge is 0.376 e. The largest absolute Gasteiger partial charge is 0.420 e. The predicted octanol–water partition coefficient (Wildman–Crippen LogP) is 5.40. The first-order valence-corrected chi connectivity index (χ1v) is 13.2. The molecule has 34 heavy (non-hydrogen) atoms. The molecule has 0 amide bonds. The molecule has 0 saturated heterocycles. The molecule has 2 aromatic heterocycles. The zero-order valence-electron chi connectivity index (χ0n) is 18.8. The summed E-state index contributed by atoms with van der Waals surface area (Å²) in [5, 5.41) is 6.98. The van der Waals surface area contributed by atoms with Gasteiger partial charge in [-0.15, -0.1) is 11.3 Å². The highest BCUT2D eigenvalue weighted by Gasteiger charge is 2.36. The van der Waals surface area contributed by atoms with Gasteiger partial charge in [-0.25, -0.2) is 9.97 Å². The van der Waals surface area contributed by atoms with Crippen molar-refractivity contribution in [2.24, 2.45) is 0 Å². The summed E-state index contributed by atoms with van der Waals surface area (Å²) in [7, 11) is 0.796. The van der Waals surface area contributed by atoms with Crippen LogP contribution in [0.15, 0.2) is 29.3 Å². The van der Waals surface area contributed by atoms with Gasteiger partial charge in [-0.3, -0.25) is 9.11 Å². The Morgan fingerprint density at radius 1 is 1.24 bits per heavy atom. The van der Waals surface area contributed by atoms with Crippen LogP contribution >= 0.6 is 11.3 Å². The second-order valence-electron chi connectivity index (χ2n) is 8.52. The average molecular weight is 508 g/mol. The third-order valence-electron chi connectivity index (χ3n) is 6.00. The van der Waals surface area contributed by atoms with E-state index in [1.54, 1.807) is 6.07 Å². The van der Waals surface area contributed by atoms with Gasteiger partial charge in [0.2, 0.25) is 5.95 Å². The minimum atomic E-state index is -4.62. The van der Waals surface area contributed by atoms with Gasteiger partial charge in [0.15, 0.2) is 0 Å². The van der Waals surface area contributed by atoms with E-state index in [4.69, 9.17) is 0 Å². The van der Waals surface area contributed by atoms with Crippen molar-refractivity contribution in [3.8, 4) is 10.6 Å². The number of hydrogen-bond donors (Lipinski definition) is 2. The van der Waals surface area contributed by atoms with Gasteiger partial charge < -0.3 is 10.6 Å². The lowest BCUT2D eigenvalue weighted by Crippen LogP contribution is -2.11. The Balaban J connectivity index is 1.56. The number of alkyl halides is 3. The molecule has 0 radical (unpaired) electrons. The number of hydrogen-bond acceptors (Lipinski definition) is 7. The molecule has 1 unspecified atom stereocenters. The summed E-state index contributed by atoms with van der Waals surface area (Å²) in [5.74, 6) is 0.577. The fourth-order valence-corrected chi connectivity index (χ4v) is 6.95. The normalized spacial score (nSPS) is 18.2. The van der Waals surface area contributed by atoms with Crippen LogP contribution in [0.1, 0.15) is 35.6 Å². The summed E-state index contributed by atoms with van der Waals surface area (Å²) in [6.07, 6.45) is -2.28. The van der Waals surface area contributed by atoms with Gasteiger partial charge in [0.1, 0.15) is 10.6 Å². The first-order valence-electron chi connectivity index (χ1n) is 11.0. The first-order chi connectivity index (χ1) is 16.2. The Kier molecular flexibility index (Phi) is 6.11. The highest BCUT2D eigenvalue weighted by molar-refractivity contribution is 7.85. The quantitative estimate of drug-likeness (QED) is 0.493. The summed E-state index contributed by atoms with van der Waals surface area (Å²) in [6.45, 7) is 4.37. The minimum Gasteiger partial charge on any atom is -0.376 e. The Labute approximate surface area is 202 Å². The van der Waals surface area contributed by atoms with E-state index in [0.29, 0.717) is 27.1 Å². The van der Waals surface area contributed by atoms with E-state index in [9.17, 15) is 17.4 Å². The van der Waals surface area contributed by atoms with E-state index >= 15 is 0 Å². The van der Waals surface area contributed by atoms with Crippen molar-refractivity contribution in [3.05, 3.63) is 46.6 Å². The summed E-state index contributed by atoms with van der Waals surface area (Å²) in [4.78, 5) is 11.4. The number of benzene rings is 1.